The summed E-state index contributed by atoms with van der Waals surface area (Å²) in [6.45, 7) is 6.13. The normalized spacial score (nSPS) is 12.5. The van der Waals surface area contributed by atoms with Crippen LogP contribution in [0.1, 0.15) is 29.5 Å². The van der Waals surface area contributed by atoms with E-state index in [0.29, 0.717) is 0 Å². The largest absolute Gasteiger partial charge is 0.375 e. The summed E-state index contributed by atoms with van der Waals surface area (Å²) in [7, 11) is 16.6. The molecule has 3 rings (SSSR count). The van der Waals surface area contributed by atoms with Gasteiger partial charge in [0.25, 0.3) is 0 Å². The maximum atomic E-state index is 4.62. The molecule has 0 bridgehead atoms. The molecular formula is C42H58IN6S2+. The molecule has 0 radical (unpaired) electrons. The molecule has 0 fully saturated rings. The van der Waals surface area contributed by atoms with Crippen LogP contribution < -0.4 is 14.4 Å². The van der Waals surface area contributed by atoms with Crippen molar-refractivity contribution in [1.82, 2.24) is 9.80 Å². The Bertz CT molecular complexity index is 1530. The zero-order chi connectivity index (χ0) is 36.7. The number of anilines is 2. The summed E-state index contributed by atoms with van der Waals surface area (Å²) in [5.41, 5.74) is 7.26. The number of pyridine rings is 1. The first kappa shape index (κ1) is 42.6. The molecule has 1 aromatic heterocycles. The smallest absolute Gasteiger partial charge is 0.169 e. The molecule has 51 heavy (non-hydrogen) atoms. The number of benzene rings is 2. The second-order valence-electron chi connectivity index (χ2n) is 13.0. The van der Waals surface area contributed by atoms with Crippen LogP contribution in [0.2, 0.25) is 0 Å². The van der Waals surface area contributed by atoms with Gasteiger partial charge in [0.05, 0.1) is 5.75 Å². The molecule has 274 valence electrons. The van der Waals surface area contributed by atoms with E-state index in [2.05, 4.69) is 204 Å². The van der Waals surface area contributed by atoms with E-state index in [9.17, 15) is 0 Å². The Morgan fingerprint density at radius 2 is 1.16 bits per heavy atom. The molecule has 0 unspecified atom stereocenters. The first-order valence-electron chi connectivity index (χ1n) is 17.7. The van der Waals surface area contributed by atoms with Gasteiger partial charge >= 0.3 is 0 Å². The van der Waals surface area contributed by atoms with E-state index in [1.165, 1.54) is 28.1 Å². The van der Waals surface area contributed by atoms with E-state index in [4.69, 9.17) is 0 Å². The molecule has 0 aliphatic heterocycles. The van der Waals surface area contributed by atoms with Crippen LogP contribution in [0.3, 0.4) is 0 Å². The number of aryl methyl sites for hydroxylation is 1. The van der Waals surface area contributed by atoms with Crippen molar-refractivity contribution < 1.29 is 4.57 Å². The summed E-state index contributed by atoms with van der Waals surface area (Å²) in [5.74, 6) is 2.06. The number of aliphatic imine (C=N–C) groups is 1. The van der Waals surface area contributed by atoms with Crippen LogP contribution in [0.5, 0.6) is 0 Å². The molecule has 3 aromatic rings. The number of aromatic nitrogens is 1. The summed E-state index contributed by atoms with van der Waals surface area (Å²) in [6.07, 6.45) is 21.5. The van der Waals surface area contributed by atoms with Gasteiger partial charge in [0.1, 0.15) is 0 Å². The Labute approximate surface area is 330 Å². The predicted molar refractivity (Wildman–Crippen MR) is 240 cm³/mol. The van der Waals surface area contributed by atoms with Crippen molar-refractivity contribution in [3.05, 3.63) is 118 Å². The first-order chi connectivity index (χ1) is 24.7. The summed E-state index contributed by atoms with van der Waals surface area (Å²) < 4.78 is 4.29. The third-order valence-electron chi connectivity index (χ3n) is 8.17. The van der Waals surface area contributed by atoms with Crippen molar-refractivity contribution in [3.8, 4) is 0 Å². The molecule has 0 amide bonds. The fourth-order valence-electron chi connectivity index (χ4n) is 5.10. The SMILES string of the molecule is CN(C)CCCN(C)c1ccc(/C=C/C(/C=C\I)=C/C=NCCSSCC[n+]2ccc(/C=C/c3ccc(N(C)CCCN(C)C)cc3)cc2)cc1. The highest BCUT2D eigenvalue weighted by atomic mass is 127. The second kappa shape index (κ2) is 25.2. The van der Waals surface area contributed by atoms with Gasteiger partial charge in [-0.3, -0.25) is 4.99 Å². The molecule has 9 heteroatoms. The van der Waals surface area contributed by atoms with Gasteiger partial charge in [0.2, 0.25) is 0 Å². The molecular weight excluding hydrogens is 780 g/mol. The number of hydrogen-bond donors (Lipinski definition) is 0. The van der Waals surface area contributed by atoms with E-state index in [0.717, 1.165) is 69.2 Å². The van der Waals surface area contributed by atoms with Crippen molar-refractivity contribution in [1.29, 1.82) is 0 Å². The summed E-state index contributed by atoms with van der Waals surface area (Å²) in [6, 6.07) is 22.0. The van der Waals surface area contributed by atoms with E-state index in [1.54, 1.807) is 0 Å². The van der Waals surface area contributed by atoms with Gasteiger partial charge < -0.3 is 19.6 Å². The Morgan fingerprint density at radius 1 is 0.647 bits per heavy atom. The van der Waals surface area contributed by atoms with E-state index in [-0.39, 0.29) is 0 Å². The van der Waals surface area contributed by atoms with E-state index < -0.39 is 0 Å². The average molecular weight is 838 g/mol. The lowest BCUT2D eigenvalue weighted by Crippen LogP contribution is -2.33. The maximum Gasteiger partial charge on any atom is 0.169 e. The fourth-order valence-corrected chi connectivity index (χ4v) is 7.37. The molecule has 2 aromatic carbocycles. The second-order valence-corrected chi connectivity index (χ2v) is 16.5. The fraction of sp³-hybridized carbons (Fsp3) is 0.381. The standard InChI is InChI=1S/C42H58IN6S2/c1-45(2)28-7-30-47(5)41-17-13-37(14-18-41)9-11-39(21-25-43)22-26-44-27-35-50-51-36-34-49-32-23-40(24-33-49)12-10-38-15-19-42(20-16-38)48(6)31-8-29-46(3)4/h9-26,32-33H,7-8,27-31,34-36H2,1-6H3/q+1/b11-9+,25-21-,39-22-,44-26?. The molecule has 0 saturated carbocycles. The summed E-state index contributed by atoms with van der Waals surface area (Å²) >= 11 is 2.27. The van der Waals surface area contributed by atoms with Gasteiger partial charge in [-0.1, -0.05) is 92.7 Å². The van der Waals surface area contributed by atoms with Crippen LogP contribution in [0, 0.1) is 0 Å². The number of halogens is 1. The molecule has 0 spiro atoms. The molecule has 0 saturated heterocycles. The van der Waals surface area contributed by atoms with E-state index >= 15 is 0 Å². The maximum absolute atomic E-state index is 4.62. The highest BCUT2D eigenvalue weighted by molar-refractivity contribution is 14.1. The number of hydrogen-bond acceptors (Lipinski definition) is 7. The van der Waals surface area contributed by atoms with Gasteiger partial charge in [-0.15, -0.1) is 0 Å². The summed E-state index contributed by atoms with van der Waals surface area (Å²) in [4.78, 5) is 13.7. The van der Waals surface area contributed by atoms with Crippen LogP contribution in [0.25, 0.3) is 18.2 Å². The minimum absolute atomic E-state index is 0.813. The van der Waals surface area contributed by atoms with E-state index in [1.807, 2.05) is 31.9 Å². The molecule has 0 N–H and O–H groups in total. The van der Waals surface area contributed by atoms with Gasteiger partial charge in [-0.05, 0) is 117 Å². The number of rotatable bonds is 23. The van der Waals surface area contributed by atoms with Crippen molar-refractivity contribution in [2.75, 3.05) is 96.3 Å². The first-order valence-corrected chi connectivity index (χ1v) is 21.5. The molecule has 1 heterocycles. The molecule has 6 nitrogen and oxygen atoms in total. The van der Waals surface area contributed by atoms with Gasteiger partial charge in [0.15, 0.2) is 18.9 Å². The minimum atomic E-state index is 0.813. The number of nitrogens with zero attached hydrogens (tertiary/aromatic N) is 6. The lowest BCUT2D eigenvalue weighted by molar-refractivity contribution is -0.692. The average Bonchev–Trinajstić information content (AvgIpc) is 3.12. The van der Waals surface area contributed by atoms with Crippen molar-refractivity contribution in [2.24, 2.45) is 4.99 Å². The van der Waals surface area contributed by atoms with Crippen LogP contribution in [-0.4, -0.2) is 103 Å². The van der Waals surface area contributed by atoms with Crippen molar-refractivity contribution >= 4 is 80.0 Å². The predicted octanol–water partition coefficient (Wildman–Crippen LogP) is 8.96. The summed E-state index contributed by atoms with van der Waals surface area (Å²) in [5, 5.41) is 0. The third kappa shape index (κ3) is 18.5. The minimum Gasteiger partial charge on any atom is -0.375 e. The zero-order valence-electron chi connectivity index (χ0n) is 31.5. The molecule has 0 atom stereocenters. The monoisotopic (exact) mass is 837 g/mol. The van der Waals surface area contributed by atoms with Crippen molar-refractivity contribution in [2.45, 2.75) is 19.4 Å². The molecule has 0 aliphatic rings. The quantitative estimate of drug-likeness (QED) is 0.0237. The van der Waals surface area contributed by atoms with Crippen LogP contribution in [0.15, 0.2) is 106 Å². The van der Waals surface area contributed by atoms with Crippen LogP contribution in [-0.2, 0) is 6.54 Å². The Kier molecular flexibility index (Phi) is 21.0. The number of allylic oxidation sites excluding steroid dienone is 4. The van der Waals surface area contributed by atoms with Crippen molar-refractivity contribution in [3.63, 3.8) is 0 Å². The Morgan fingerprint density at radius 3 is 1.69 bits per heavy atom. The Balaban J connectivity index is 1.32. The van der Waals surface area contributed by atoms with Crippen LogP contribution in [0.4, 0.5) is 11.4 Å². The van der Waals surface area contributed by atoms with Gasteiger partial charge in [-0.2, -0.15) is 0 Å². The third-order valence-corrected chi connectivity index (χ3v) is 10.9. The molecule has 0 aliphatic carbocycles. The lowest BCUT2D eigenvalue weighted by atomic mass is 10.1. The highest BCUT2D eigenvalue weighted by Gasteiger charge is 2.04. The lowest BCUT2D eigenvalue weighted by Gasteiger charge is -2.20. The Hall–Kier alpha value is -2.83. The van der Waals surface area contributed by atoms with Gasteiger partial charge in [-0.25, -0.2) is 4.57 Å². The van der Waals surface area contributed by atoms with Crippen LogP contribution >= 0.6 is 44.2 Å². The zero-order valence-corrected chi connectivity index (χ0v) is 35.3. The highest BCUT2D eigenvalue weighted by Crippen LogP contribution is 2.20. The topological polar surface area (TPSA) is 29.2 Å². The van der Waals surface area contributed by atoms with Gasteiger partial charge in [0, 0.05) is 69.2 Å².